The molecule has 0 atom stereocenters. The van der Waals surface area contributed by atoms with E-state index in [0.717, 1.165) is 5.69 Å². The smallest absolute Gasteiger partial charge is 0.0714 e. The van der Waals surface area contributed by atoms with Crippen LogP contribution in [0, 0.1) is 13.8 Å². The van der Waals surface area contributed by atoms with Gasteiger partial charge in [-0.3, -0.25) is 0 Å². The first kappa shape index (κ1) is 28.3. The van der Waals surface area contributed by atoms with Gasteiger partial charge in [-0.1, -0.05) is 163 Å². The Labute approximate surface area is 282 Å². The zero-order valence-electron chi connectivity index (χ0n) is 27.2. The van der Waals surface area contributed by atoms with Crippen LogP contribution in [-0.4, -0.2) is 0 Å². The van der Waals surface area contributed by atoms with Crippen LogP contribution in [0.4, 0.5) is 17.1 Å². The Kier molecular flexibility index (Phi) is 6.55. The number of hydrogen-bond donors (Lipinski definition) is 0. The molecule has 0 heterocycles. The number of nitrogens with zero attached hydrogens (tertiary/aromatic N) is 1. The Balaban J connectivity index is 1.47. The standard InChI is InChI=1S/C47H35N/c1-32-24-27-37(28-25-32)48(44-23-13-15-34-14-9-10-20-38(34)44)45-31-43-46(40-22-12-11-21-39(40)45)41-29-26-33(2)30-42(41)47(43,35-16-5-3-6-17-35)36-18-7-4-8-19-36/h3-31H,1-2H3. The Hall–Kier alpha value is -5.92. The second kappa shape index (κ2) is 11.1. The Morgan fingerprint density at radius 2 is 1.00 bits per heavy atom. The van der Waals surface area contributed by atoms with E-state index in [9.17, 15) is 0 Å². The first-order valence-electron chi connectivity index (χ1n) is 16.8. The Morgan fingerprint density at radius 3 is 1.71 bits per heavy atom. The normalized spacial score (nSPS) is 13.0. The molecular formula is C47H35N. The van der Waals surface area contributed by atoms with Gasteiger partial charge in [-0.2, -0.15) is 0 Å². The van der Waals surface area contributed by atoms with E-state index < -0.39 is 5.41 Å². The van der Waals surface area contributed by atoms with Crippen LogP contribution in [0.2, 0.25) is 0 Å². The lowest BCUT2D eigenvalue weighted by molar-refractivity contribution is 0.768. The summed E-state index contributed by atoms with van der Waals surface area (Å²) in [5.41, 5.74) is 13.3. The molecule has 1 nitrogen and oxygen atoms in total. The summed E-state index contributed by atoms with van der Waals surface area (Å²) in [5.74, 6) is 0. The van der Waals surface area contributed by atoms with Gasteiger partial charge in [0.1, 0.15) is 0 Å². The fourth-order valence-corrected chi connectivity index (χ4v) is 8.13. The first-order valence-corrected chi connectivity index (χ1v) is 16.8. The minimum absolute atomic E-state index is 0.504. The summed E-state index contributed by atoms with van der Waals surface area (Å²) in [6.07, 6.45) is 0. The van der Waals surface area contributed by atoms with Crippen molar-refractivity contribution in [3.8, 4) is 11.1 Å². The van der Waals surface area contributed by atoms with Gasteiger partial charge >= 0.3 is 0 Å². The predicted octanol–water partition coefficient (Wildman–Crippen LogP) is 12.4. The number of rotatable bonds is 5. The van der Waals surface area contributed by atoms with Gasteiger partial charge in [-0.15, -0.1) is 0 Å². The minimum atomic E-state index is -0.504. The third kappa shape index (κ3) is 4.18. The molecule has 228 valence electrons. The lowest BCUT2D eigenvalue weighted by Gasteiger charge is -2.35. The molecule has 0 radical (unpaired) electrons. The summed E-state index contributed by atoms with van der Waals surface area (Å²) in [6, 6.07) is 65.2. The van der Waals surface area contributed by atoms with Crippen molar-refractivity contribution in [2.75, 3.05) is 4.90 Å². The van der Waals surface area contributed by atoms with E-state index in [2.05, 4.69) is 195 Å². The van der Waals surface area contributed by atoms with E-state index >= 15 is 0 Å². The zero-order valence-corrected chi connectivity index (χ0v) is 27.2. The summed E-state index contributed by atoms with van der Waals surface area (Å²) in [7, 11) is 0. The lowest BCUT2D eigenvalue weighted by atomic mass is 9.67. The number of aryl methyl sites for hydroxylation is 2. The van der Waals surface area contributed by atoms with Crippen molar-refractivity contribution in [3.05, 3.63) is 209 Å². The molecular weight excluding hydrogens is 579 g/mol. The van der Waals surface area contributed by atoms with Crippen molar-refractivity contribution >= 4 is 38.6 Å². The monoisotopic (exact) mass is 613 g/mol. The topological polar surface area (TPSA) is 3.24 Å². The van der Waals surface area contributed by atoms with Crippen molar-refractivity contribution in [1.82, 2.24) is 0 Å². The van der Waals surface area contributed by atoms with Crippen LogP contribution in [-0.2, 0) is 5.41 Å². The minimum Gasteiger partial charge on any atom is -0.309 e. The van der Waals surface area contributed by atoms with Crippen LogP contribution in [0.3, 0.4) is 0 Å². The summed E-state index contributed by atoms with van der Waals surface area (Å²) in [6.45, 7) is 4.37. The largest absolute Gasteiger partial charge is 0.309 e. The van der Waals surface area contributed by atoms with Gasteiger partial charge in [0.05, 0.1) is 16.8 Å². The summed E-state index contributed by atoms with van der Waals surface area (Å²) >= 11 is 0. The number of anilines is 3. The van der Waals surface area contributed by atoms with Gasteiger partial charge in [0, 0.05) is 16.5 Å². The molecule has 0 aliphatic heterocycles. The van der Waals surface area contributed by atoms with Crippen LogP contribution in [0.15, 0.2) is 176 Å². The van der Waals surface area contributed by atoms with Crippen LogP contribution >= 0.6 is 0 Å². The maximum Gasteiger partial charge on any atom is 0.0714 e. The van der Waals surface area contributed by atoms with E-state index in [1.54, 1.807) is 0 Å². The highest BCUT2D eigenvalue weighted by Crippen LogP contribution is 2.60. The molecule has 48 heavy (non-hydrogen) atoms. The van der Waals surface area contributed by atoms with Crippen molar-refractivity contribution in [3.63, 3.8) is 0 Å². The van der Waals surface area contributed by atoms with E-state index in [0.29, 0.717) is 0 Å². The van der Waals surface area contributed by atoms with Crippen LogP contribution in [0.5, 0.6) is 0 Å². The molecule has 0 saturated heterocycles. The van der Waals surface area contributed by atoms with Crippen molar-refractivity contribution in [2.45, 2.75) is 19.3 Å². The Bertz CT molecular complexity index is 2410. The van der Waals surface area contributed by atoms with Gasteiger partial charge in [0.15, 0.2) is 0 Å². The Morgan fingerprint density at radius 1 is 0.417 bits per heavy atom. The maximum atomic E-state index is 2.51. The summed E-state index contributed by atoms with van der Waals surface area (Å²) in [5, 5.41) is 4.94. The van der Waals surface area contributed by atoms with Crippen molar-refractivity contribution in [1.29, 1.82) is 0 Å². The third-order valence-electron chi connectivity index (χ3n) is 10.2. The number of hydrogen-bond acceptors (Lipinski definition) is 1. The summed E-state index contributed by atoms with van der Waals surface area (Å²) < 4.78 is 0. The second-order valence-electron chi connectivity index (χ2n) is 13.1. The molecule has 0 fully saturated rings. The lowest BCUT2D eigenvalue weighted by Crippen LogP contribution is -2.29. The van der Waals surface area contributed by atoms with Crippen LogP contribution in [0.1, 0.15) is 33.4 Å². The maximum absolute atomic E-state index is 2.51. The summed E-state index contributed by atoms with van der Waals surface area (Å²) in [4.78, 5) is 2.49. The van der Waals surface area contributed by atoms with Crippen LogP contribution < -0.4 is 4.90 Å². The van der Waals surface area contributed by atoms with E-state index in [1.807, 2.05) is 0 Å². The molecule has 0 amide bonds. The van der Waals surface area contributed by atoms with Crippen molar-refractivity contribution < 1.29 is 0 Å². The van der Waals surface area contributed by atoms with Gasteiger partial charge in [0.25, 0.3) is 0 Å². The van der Waals surface area contributed by atoms with E-state index in [1.165, 1.54) is 77.4 Å². The average molecular weight is 614 g/mol. The third-order valence-corrected chi connectivity index (χ3v) is 10.2. The predicted molar refractivity (Wildman–Crippen MR) is 203 cm³/mol. The van der Waals surface area contributed by atoms with Gasteiger partial charge < -0.3 is 4.90 Å². The number of fused-ring (bicyclic) bond motifs is 6. The highest BCUT2D eigenvalue weighted by molar-refractivity contribution is 6.12. The first-order chi connectivity index (χ1) is 23.6. The molecule has 0 spiro atoms. The highest BCUT2D eigenvalue weighted by Gasteiger charge is 2.47. The van der Waals surface area contributed by atoms with E-state index in [-0.39, 0.29) is 0 Å². The molecule has 9 rings (SSSR count). The van der Waals surface area contributed by atoms with Gasteiger partial charge in [-0.05, 0) is 82.3 Å². The molecule has 1 heteroatoms. The number of benzene rings is 8. The molecule has 0 N–H and O–H groups in total. The van der Waals surface area contributed by atoms with Gasteiger partial charge in [-0.25, -0.2) is 0 Å². The molecule has 1 aliphatic carbocycles. The quantitative estimate of drug-likeness (QED) is 0.187. The van der Waals surface area contributed by atoms with Gasteiger partial charge in [0.2, 0.25) is 0 Å². The molecule has 8 aromatic carbocycles. The molecule has 0 saturated carbocycles. The van der Waals surface area contributed by atoms with Crippen molar-refractivity contribution in [2.24, 2.45) is 0 Å². The van der Waals surface area contributed by atoms with Crippen LogP contribution in [0.25, 0.3) is 32.7 Å². The SMILES string of the molecule is Cc1ccc(N(c2cccc3ccccc23)c2cc3c(c4ccccc24)-c2ccc(C)cc2C3(c2ccccc2)c2ccccc2)cc1. The molecule has 8 aromatic rings. The zero-order chi connectivity index (χ0) is 32.2. The molecule has 0 aromatic heterocycles. The fraction of sp³-hybridized carbons (Fsp3) is 0.0638. The molecule has 0 unspecified atom stereocenters. The molecule has 1 aliphatic rings. The van der Waals surface area contributed by atoms with E-state index in [4.69, 9.17) is 0 Å². The highest BCUT2D eigenvalue weighted by atomic mass is 15.1. The average Bonchev–Trinajstić information content (AvgIpc) is 3.43. The molecule has 0 bridgehead atoms. The fourth-order valence-electron chi connectivity index (χ4n) is 8.13. The second-order valence-corrected chi connectivity index (χ2v) is 13.1.